The fourth-order valence-corrected chi connectivity index (χ4v) is 7.68. The summed E-state index contributed by atoms with van der Waals surface area (Å²) < 4.78 is 76.6. The van der Waals surface area contributed by atoms with Gasteiger partial charge in [-0.2, -0.15) is 0 Å². The lowest BCUT2D eigenvalue weighted by molar-refractivity contribution is -0.274. The third kappa shape index (κ3) is 7.43. The van der Waals surface area contributed by atoms with Crippen LogP contribution in [0.4, 0.5) is 18.2 Å². The van der Waals surface area contributed by atoms with Crippen LogP contribution in [-0.2, 0) is 26.1 Å². The number of ether oxygens (including phenoxy) is 2. The van der Waals surface area contributed by atoms with Crippen LogP contribution in [0.2, 0.25) is 0 Å². The van der Waals surface area contributed by atoms with Crippen LogP contribution >= 0.6 is 11.3 Å². The summed E-state index contributed by atoms with van der Waals surface area (Å²) in [4.78, 5) is 14.1. The van der Waals surface area contributed by atoms with E-state index in [-0.39, 0.29) is 29.9 Å². The molecule has 0 bridgehead atoms. The number of rotatable bonds is 10. The van der Waals surface area contributed by atoms with Gasteiger partial charge in [0, 0.05) is 11.2 Å². The Hall–Kier alpha value is -2.83. The van der Waals surface area contributed by atoms with Gasteiger partial charge in [-0.25, -0.2) is 8.42 Å². The summed E-state index contributed by atoms with van der Waals surface area (Å²) in [6, 6.07) is 12.9. The van der Waals surface area contributed by atoms with Crippen molar-refractivity contribution in [3.8, 4) is 5.75 Å². The molecule has 12 heteroatoms. The highest BCUT2D eigenvalue weighted by atomic mass is 32.2. The zero-order valence-electron chi connectivity index (χ0n) is 21.7. The standard InChI is InChI=1S/C27H31F3N2O5S2/c1-3-36-26(33)21-12-14-31(15-13-21)16-17-39(34,35)32(25-19(2)23-6-4-5-7-24(23)38-25)18-20-8-10-22(11-9-20)37-27(28,29)30/h4-11,21H,3,12-18H2,1-2H3. The lowest BCUT2D eigenvalue weighted by Crippen LogP contribution is -2.42. The van der Waals surface area contributed by atoms with E-state index in [0.717, 1.165) is 15.6 Å². The van der Waals surface area contributed by atoms with Crippen LogP contribution in [0.3, 0.4) is 0 Å². The lowest BCUT2D eigenvalue weighted by Gasteiger charge is -2.31. The SMILES string of the molecule is CCOC(=O)C1CCN(CCS(=O)(=O)N(Cc2ccc(OC(F)(F)F)cc2)c2sc3ccccc3c2C)CC1. The number of carbonyl (C=O) groups is 1. The average Bonchev–Trinajstić information content (AvgIpc) is 3.22. The predicted molar refractivity (Wildman–Crippen MR) is 145 cm³/mol. The number of thiophene rings is 1. The highest BCUT2D eigenvalue weighted by molar-refractivity contribution is 7.93. The molecule has 0 atom stereocenters. The summed E-state index contributed by atoms with van der Waals surface area (Å²) in [5, 5.41) is 1.53. The van der Waals surface area contributed by atoms with Crippen molar-refractivity contribution in [2.75, 3.05) is 36.3 Å². The normalized spacial score (nSPS) is 15.4. The van der Waals surface area contributed by atoms with Gasteiger partial charge in [0.1, 0.15) is 10.8 Å². The summed E-state index contributed by atoms with van der Waals surface area (Å²) >= 11 is 1.37. The molecule has 212 valence electrons. The van der Waals surface area contributed by atoms with Crippen molar-refractivity contribution >= 4 is 42.4 Å². The number of hydrogen-bond donors (Lipinski definition) is 0. The zero-order valence-corrected chi connectivity index (χ0v) is 23.4. The number of anilines is 1. The van der Waals surface area contributed by atoms with E-state index >= 15 is 0 Å². The molecule has 1 aliphatic heterocycles. The van der Waals surface area contributed by atoms with E-state index in [4.69, 9.17) is 4.74 Å². The average molecular weight is 585 g/mol. The number of benzene rings is 2. The van der Waals surface area contributed by atoms with Gasteiger partial charge < -0.3 is 14.4 Å². The second-order valence-corrected chi connectivity index (χ2v) is 12.5. The smallest absolute Gasteiger partial charge is 0.466 e. The molecule has 1 aromatic heterocycles. The lowest BCUT2D eigenvalue weighted by atomic mass is 9.97. The van der Waals surface area contributed by atoms with E-state index in [1.807, 2.05) is 36.1 Å². The fraction of sp³-hybridized carbons (Fsp3) is 0.444. The van der Waals surface area contributed by atoms with Crippen molar-refractivity contribution in [1.29, 1.82) is 0 Å². The Morgan fingerprint density at radius 1 is 1.10 bits per heavy atom. The van der Waals surface area contributed by atoms with E-state index in [1.165, 1.54) is 39.9 Å². The Kier molecular flexibility index (Phi) is 9.07. The summed E-state index contributed by atoms with van der Waals surface area (Å²) in [7, 11) is -3.82. The third-order valence-electron chi connectivity index (χ3n) is 6.74. The number of carbonyl (C=O) groups excluding carboxylic acids is 1. The second-order valence-electron chi connectivity index (χ2n) is 9.41. The van der Waals surface area contributed by atoms with Gasteiger partial charge in [-0.15, -0.1) is 24.5 Å². The maximum absolute atomic E-state index is 13.8. The molecule has 39 heavy (non-hydrogen) atoms. The molecule has 2 aromatic carbocycles. The number of piperidine rings is 1. The summed E-state index contributed by atoms with van der Waals surface area (Å²) in [5.74, 6) is -0.882. The van der Waals surface area contributed by atoms with Gasteiger partial charge in [-0.05, 0) is 74.5 Å². The molecule has 1 fully saturated rings. The van der Waals surface area contributed by atoms with Crippen molar-refractivity contribution in [2.45, 2.75) is 39.6 Å². The van der Waals surface area contributed by atoms with Gasteiger partial charge in [0.15, 0.2) is 0 Å². The molecule has 1 aliphatic rings. The number of alkyl halides is 3. The molecule has 0 saturated carbocycles. The second kappa shape index (κ2) is 12.1. The number of likely N-dealkylation sites (tertiary alicyclic amines) is 1. The highest BCUT2D eigenvalue weighted by Gasteiger charge is 2.32. The number of hydrogen-bond acceptors (Lipinski definition) is 7. The van der Waals surface area contributed by atoms with Crippen LogP contribution in [0.5, 0.6) is 5.75 Å². The highest BCUT2D eigenvalue weighted by Crippen LogP contribution is 2.39. The minimum atomic E-state index is -4.81. The molecular weight excluding hydrogens is 553 g/mol. The first kappa shape index (κ1) is 29.2. The van der Waals surface area contributed by atoms with Crippen LogP contribution in [0.15, 0.2) is 48.5 Å². The minimum absolute atomic E-state index is 0.0345. The predicted octanol–water partition coefficient (Wildman–Crippen LogP) is 5.72. The molecule has 1 saturated heterocycles. The number of aryl methyl sites for hydroxylation is 1. The molecule has 0 N–H and O–H groups in total. The Morgan fingerprint density at radius 3 is 2.38 bits per heavy atom. The van der Waals surface area contributed by atoms with Crippen LogP contribution in [0.1, 0.15) is 30.9 Å². The summed E-state index contributed by atoms with van der Waals surface area (Å²) in [6.45, 7) is 5.44. The fourth-order valence-electron chi connectivity index (χ4n) is 4.67. The van der Waals surface area contributed by atoms with E-state index in [0.29, 0.717) is 49.6 Å². The first-order chi connectivity index (χ1) is 18.5. The van der Waals surface area contributed by atoms with E-state index < -0.39 is 16.4 Å². The topological polar surface area (TPSA) is 76.2 Å². The first-order valence-corrected chi connectivity index (χ1v) is 15.1. The van der Waals surface area contributed by atoms with Gasteiger partial charge in [0.05, 0.1) is 24.8 Å². The Labute approximate surface area is 230 Å². The number of esters is 1. The Morgan fingerprint density at radius 2 is 1.77 bits per heavy atom. The van der Waals surface area contributed by atoms with Crippen LogP contribution in [0, 0.1) is 12.8 Å². The number of sulfonamides is 1. The zero-order chi connectivity index (χ0) is 28.2. The molecule has 0 unspecified atom stereocenters. The first-order valence-electron chi connectivity index (χ1n) is 12.7. The van der Waals surface area contributed by atoms with Gasteiger partial charge in [0.2, 0.25) is 10.0 Å². The van der Waals surface area contributed by atoms with Crippen molar-refractivity contribution < 1.29 is 35.9 Å². The number of halogens is 3. The molecule has 3 aromatic rings. The van der Waals surface area contributed by atoms with Crippen molar-refractivity contribution in [2.24, 2.45) is 5.92 Å². The van der Waals surface area contributed by atoms with Crippen molar-refractivity contribution in [3.63, 3.8) is 0 Å². The maximum atomic E-state index is 13.8. The molecule has 7 nitrogen and oxygen atoms in total. The Bertz CT molecular complexity index is 1380. The van der Waals surface area contributed by atoms with Crippen molar-refractivity contribution in [1.82, 2.24) is 4.90 Å². The molecule has 0 amide bonds. The van der Waals surface area contributed by atoms with E-state index in [1.54, 1.807) is 6.92 Å². The molecule has 0 aliphatic carbocycles. The molecular formula is C27H31F3N2O5S2. The van der Waals surface area contributed by atoms with Crippen LogP contribution in [-0.4, -0.2) is 57.6 Å². The van der Waals surface area contributed by atoms with Crippen LogP contribution in [0.25, 0.3) is 10.1 Å². The van der Waals surface area contributed by atoms with E-state index in [2.05, 4.69) is 4.74 Å². The third-order valence-corrected chi connectivity index (χ3v) is 9.83. The van der Waals surface area contributed by atoms with Gasteiger partial charge >= 0.3 is 12.3 Å². The molecule has 4 rings (SSSR count). The Balaban J connectivity index is 1.53. The minimum Gasteiger partial charge on any atom is -0.466 e. The van der Waals surface area contributed by atoms with Gasteiger partial charge in [-0.3, -0.25) is 9.10 Å². The largest absolute Gasteiger partial charge is 0.573 e. The maximum Gasteiger partial charge on any atom is 0.573 e. The summed E-state index contributed by atoms with van der Waals surface area (Å²) in [5.41, 5.74) is 1.35. The molecule has 0 radical (unpaired) electrons. The number of nitrogens with zero attached hydrogens (tertiary/aromatic N) is 2. The van der Waals surface area contributed by atoms with E-state index in [9.17, 15) is 26.4 Å². The van der Waals surface area contributed by atoms with Gasteiger partial charge in [0.25, 0.3) is 0 Å². The number of fused-ring (bicyclic) bond motifs is 1. The van der Waals surface area contributed by atoms with Crippen molar-refractivity contribution in [3.05, 3.63) is 59.7 Å². The summed E-state index contributed by atoms with van der Waals surface area (Å²) in [6.07, 6.45) is -3.58. The van der Waals surface area contributed by atoms with Crippen LogP contribution < -0.4 is 9.04 Å². The monoisotopic (exact) mass is 584 g/mol. The quantitative estimate of drug-likeness (QED) is 0.284. The van der Waals surface area contributed by atoms with Gasteiger partial charge in [-0.1, -0.05) is 30.3 Å². The molecule has 0 spiro atoms. The molecule has 2 heterocycles.